The quantitative estimate of drug-likeness (QED) is 0.726. The Balaban J connectivity index is 1.59. The van der Waals surface area contributed by atoms with Gasteiger partial charge in [-0.05, 0) is 42.8 Å². The normalized spacial score (nSPS) is 14.0. The van der Waals surface area contributed by atoms with Gasteiger partial charge in [-0.15, -0.1) is 8.78 Å². The Labute approximate surface area is 158 Å². The van der Waals surface area contributed by atoms with Gasteiger partial charge in [-0.25, -0.2) is 0 Å². The highest BCUT2D eigenvalue weighted by molar-refractivity contribution is 5.94. The molecule has 1 aliphatic rings. The number of carbonyl (C=O) groups is 1. The Morgan fingerprint density at radius 1 is 1.04 bits per heavy atom. The number of amides is 1. The molecule has 28 heavy (non-hydrogen) atoms. The molecule has 0 saturated heterocycles. The summed E-state index contributed by atoms with van der Waals surface area (Å²) in [4.78, 5) is 15.7. The van der Waals surface area contributed by atoms with Crippen LogP contribution in [0.1, 0.15) is 15.9 Å². The number of benzene rings is 2. The summed E-state index contributed by atoms with van der Waals surface area (Å²) >= 11 is 0. The molecule has 142 valence electrons. The number of fused-ring (bicyclic) bond motifs is 1. The maximum absolute atomic E-state index is 13.1. The number of aryl methyl sites for hydroxylation is 1. The lowest BCUT2D eigenvalue weighted by atomic mass is 10.0. The molecule has 4 rings (SSSR count). The number of ether oxygens (including phenoxy) is 3. The van der Waals surface area contributed by atoms with E-state index in [2.05, 4.69) is 14.5 Å². The maximum Gasteiger partial charge on any atom is 0.586 e. The van der Waals surface area contributed by atoms with Crippen molar-refractivity contribution >= 4 is 5.91 Å². The van der Waals surface area contributed by atoms with Crippen LogP contribution in [0.2, 0.25) is 0 Å². The number of pyridine rings is 1. The van der Waals surface area contributed by atoms with Crippen molar-refractivity contribution in [2.24, 2.45) is 5.73 Å². The van der Waals surface area contributed by atoms with Gasteiger partial charge in [-0.1, -0.05) is 6.07 Å². The van der Waals surface area contributed by atoms with E-state index in [9.17, 15) is 13.6 Å². The molecule has 0 fully saturated rings. The summed E-state index contributed by atoms with van der Waals surface area (Å²) in [5.41, 5.74) is 7.89. The lowest BCUT2D eigenvalue weighted by Crippen LogP contribution is -2.25. The smallest absolute Gasteiger partial charge is 0.457 e. The second-order valence-electron chi connectivity index (χ2n) is 6.15. The third kappa shape index (κ3) is 3.44. The topological polar surface area (TPSA) is 83.7 Å². The molecule has 0 bridgehead atoms. The van der Waals surface area contributed by atoms with Crippen molar-refractivity contribution in [3.8, 4) is 34.3 Å². The summed E-state index contributed by atoms with van der Waals surface area (Å²) in [5, 5.41) is 0. The van der Waals surface area contributed by atoms with E-state index in [0.717, 1.165) is 11.1 Å². The van der Waals surface area contributed by atoms with Gasteiger partial charge in [0.2, 0.25) is 5.91 Å². The summed E-state index contributed by atoms with van der Waals surface area (Å²) < 4.78 is 40.8. The molecule has 2 N–H and O–H groups in total. The SMILES string of the molecule is Cc1cc(-c2cc(Oc3ccc4c(c3)OC(F)(F)O4)ccn2)ccc1C(N)=O. The summed E-state index contributed by atoms with van der Waals surface area (Å²) in [7, 11) is 0. The number of aromatic nitrogens is 1. The zero-order valence-corrected chi connectivity index (χ0v) is 14.6. The van der Waals surface area contributed by atoms with Crippen LogP contribution < -0.4 is 19.9 Å². The van der Waals surface area contributed by atoms with Crippen LogP contribution in [0.25, 0.3) is 11.3 Å². The summed E-state index contributed by atoms with van der Waals surface area (Å²) in [6, 6.07) is 12.7. The van der Waals surface area contributed by atoms with E-state index in [-0.39, 0.29) is 11.5 Å². The molecule has 8 heteroatoms. The van der Waals surface area contributed by atoms with Gasteiger partial charge in [0.1, 0.15) is 11.5 Å². The Morgan fingerprint density at radius 2 is 1.79 bits per heavy atom. The molecule has 0 aliphatic carbocycles. The molecule has 1 aromatic heterocycles. The maximum atomic E-state index is 13.1. The van der Waals surface area contributed by atoms with Crippen molar-refractivity contribution in [1.29, 1.82) is 0 Å². The van der Waals surface area contributed by atoms with Gasteiger partial charge >= 0.3 is 6.29 Å². The van der Waals surface area contributed by atoms with Crippen LogP contribution in [0.15, 0.2) is 54.7 Å². The highest BCUT2D eigenvalue weighted by Gasteiger charge is 2.43. The van der Waals surface area contributed by atoms with E-state index >= 15 is 0 Å². The lowest BCUT2D eigenvalue weighted by molar-refractivity contribution is -0.286. The summed E-state index contributed by atoms with van der Waals surface area (Å²) in [6.45, 7) is 1.78. The lowest BCUT2D eigenvalue weighted by Gasteiger charge is -2.09. The van der Waals surface area contributed by atoms with Gasteiger partial charge in [-0.3, -0.25) is 9.78 Å². The predicted octanol–water partition coefficient (Wildman–Crippen LogP) is 4.27. The predicted molar refractivity (Wildman–Crippen MR) is 95.6 cm³/mol. The van der Waals surface area contributed by atoms with Gasteiger partial charge in [0.05, 0.1) is 5.69 Å². The van der Waals surface area contributed by atoms with Crippen LogP contribution in [0.5, 0.6) is 23.0 Å². The molecule has 0 spiro atoms. The number of halogens is 2. The van der Waals surface area contributed by atoms with Gasteiger partial charge in [-0.2, -0.15) is 0 Å². The molecule has 1 amide bonds. The summed E-state index contributed by atoms with van der Waals surface area (Å²) in [6.07, 6.45) is -2.12. The minimum atomic E-state index is -3.68. The standard InChI is InChI=1S/C20H14F2N2O4/c1-11-8-12(2-4-15(11)19(23)25)16-9-14(6-7-24-16)26-13-3-5-17-18(10-13)28-20(21,22)27-17/h2-10H,1H3,(H2,23,25). The van der Waals surface area contributed by atoms with Crippen LogP contribution in [0, 0.1) is 6.92 Å². The van der Waals surface area contributed by atoms with Gasteiger partial charge < -0.3 is 19.9 Å². The number of hydrogen-bond acceptors (Lipinski definition) is 5. The van der Waals surface area contributed by atoms with Gasteiger partial charge in [0.15, 0.2) is 11.5 Å². The van der Waals surface area contributed by atoms with Gasteiger partial charge in [0, 0.05) is 29.5 Å². The van der Waals surface area contributed by atoms with Crippen LogP contribution in [0.4, 0.5) is 8.78 Å². The Morgan fingerprint density at radius 3 is 2.54 bits per heavy atom. The number of primary amides is 1. The molecular formula is C20H14F2N2O4. The molecule has 0 atom stereocenters. The first-order chi connectivity index (χ1) is 13.3. The molecule has 0 unspecified atom stereocenters. The monoisotopic (exact) mass is 384 g/mol. The zero-order valence-electron chi connectivity index (χ0n) is 14.6. The third-order valence-corrected chi connectivity index (χ3v) is 4.13. The fourth-order valence-corrected chi connectivity index (χ4v) is 2.86. The number of carbonyl (C=O) groups excluding carboxylic acids is 1. The van der Waals surface area contributed by atoms with Crippen molar-refractivity contribution in [2.75, 3.05) is 0 Å². The number of hydrogen-bond donors (Lipinski definition) is 1. The zero-order chi connectivity index (χ0) is 19.9. The molecule has 2 heterocycles. The third-order valence-electron chi connectivity index (χ3n) is 4.13. The first-order valence-corrected chi connectivity index (χ1v) is 8.25. The molecular weight excluding hydrogens is 370 g/mol. The molecule has 2 aromatic carbocycles. The van der Waals surface area contributed by atoms with Crippen LogP contribution in [0.3, 0.4) is 0 Å². The average Bonchev–Trinajstić information content (AvgIpc) is 2.94. The first kappa shape index (κ1) is 17.7. The Kier molecular flexibility index (Phi) is 4.11. The van der Waals surface area contributed by atoms with Crippen LogP contribution >= 0.6 is 0 Å². The minimum absolute atomic E-state index is 0.0576. The number of nitrogens with zero attached hydrogens (tertiary/aromatic N) is 1. The fraction of sp³-hybridized carbons (Fsp3) is 0.100. The average molecular weight is 384 g/mol. The van der Waals surface area contributed by atoms with Crippen LogP contribution in [-0.2, 0) is 0 Å². The fourth-order valence-electron chi connectivity index (χ4n) is 2.86. The van der Waals surface area contributed by atoms with Crippen molar-refractivity contribution < 1.29 is 27.8 Å². The molecule has 0 saturated carbocycles. The molecule has 6 nitrogen and oxygen atoms in total. The second kappa shape index (κ2) is 6.49. The Bertz CT molecular complexity index is 1090. The van der Waals surface area contributed by atoms with Crippen LogP contribution in [-0.4, -0.2) is 17.2 Å². The van der Waals surface area contributed by atoms with E-state index in [1.165, 1.54) is 18.2 Å². The molecule has 1 aliphatic heterocycles. The van der Waals surface area contributed by atoms with E-state index in [1.807, 2.05) is 0 Å². The number of rotatable bonds is 4. The number of alkyl halides is 2. The van der Waals surface area contributed by atoms with E-state index < -0.39 is 12.2 Å². The van der Waals surface area contributed by atoms with Gasteiger partial charge in [0.25, 0.3) is 0 Å². The van der Waals surface area contributed by atoms with Crippen molar-refractivity contribution in [3.63, 3.8) is 0 Å². The highest BCUT2D eigenvalue weighted by atomic mass is 19.3. The second-order valence-corrected chi connectivity index (χ2v) is 6.15. The minimum Gasteiger partial charge on any atom is -0.457 e. The van der Waals surface area contributed by atoms with E-state index in [4.69, 9.17) is 10.5 Å². The Hall–Kier alpha value is -3.68. The van der Waals surface area contributed by atoms with Crippen molar-refractivity contribution in [3.05, 3.63) is 65.9 Å². The summed E-state index contributed by atoms with van der Waals surface area (Å²) in [5.74, 6) is 0.0967. The van der Waals surface area contributed by atoms with Crippen molar-refractivity contribution in [2.45, 2.75) is 13.2 Å². The number of nitrogens with two attached hydrogens (primary N) is 1. The molecule has 3 aromatic rings. The van der Waals surface area contributed by atoms with E-state index in [1.54, 1.807) is 43.5 Å². The molecule has 0 radical (unpaired) electrons. The van der Waals surface area contributed by atoms with E-state index in [0.29, 0.717) is 22.8 Å². The first-order valence-electron chi connectivity index (χ1n) is 8.25. The van der Waals surface area contributed by atoms with Crippen molar-refractivity contribution in [1.82, 2.24) is 4.98 Å². The largest absolute Gasteiger partial charge is 0.586 e. The highest BCUT2D eigenvalue weighted by Crippen LogP contribution is 2.43.